The van der Waals surface area contributed by atoms with Gasteiger partial charge in [-0.3, -0.25) is 0 Å². The molecule has 1 aromatic carbocycles. The zero-order valence-electron chi connectivity index (χ0n) is 12.1. The van der Waals surface area contributed by atoms with Crippen LogP contribution in [0.25, 0.3) is 17.4 Å². The minimum atomic E-state index is -0.398. The number of methoxy groups -OCH3 is 1. The molecular formula is C17H12N2O3. The average molecular weight is 292 g/mol. The second-order valence-corrected chi connectivity index (χ2v) is 4.50. The first-order valence-electron chi connectivity index (χ1n) is 6.40. The minimum Gasteiger partial charge on any atom is -0.465 e. The molecule has 5 nitrogen and oxygen atoms in total. The standard InChI is InChI=1S/C17H12N2O3/c1-11-7-13(17(20)21-2)3-5-15(11)16-6-4-14(22-16)8-12(9-18)10-19/h3-8H,1-2H3. The predicted octanol–water partition coefficient (Wildman–Crippen LogP) is 3.47. The molecule has 0 unspecified atom stereocenters. The third-order valence-electron chi connectivity index (χ3n) is 3.07. The summed E-state index contributed by atoms with van der Waals surface area (Å²) >= 11 is 0. The lowest BCUT2D eigenvalue weighted by atomic mass is 10.0. The Balaban J connectivity index is 2.37. The summed E-state index contributed by atoms with van der Waals surface area (Å²) in [5.74, 6) is 0.616. The Morgan fingerprint density at radius 2 is 1.95 bits per heavy atom. The molecule has 0 fully saturated rings. The predicted molar refractivity (Wildman–Crippen MR) is 79.4 cm³/mol. The van der Waals surface area contributed by atoms with Gasteiger partial charge in [-0.1, -0.05) is 6.07 Å². The molecule has 0 saturated heterocycles. The molecule has 5 heteroatoms. The number of ether oxygens (including phenoxy) is 1. The number of hydrogen-bond donors (Lipinski definition) is 0. The fraction of sp³-hybridized carbons (Fsp3) is 0.118. The van der Waals surface area contributed by atoms with Crippen LogP contribution in [0, 0.1) is 29.6 Å². The van der Waals surface area contributed by atoms with E-state index in [2.05, 4.69) is 4.74 Å². The Bertz CT molecular complexity index is 816. The molecule has 0 N–H and O–H groups in total. The molecule has 108 valence electrons. The molecule has 0 aliphatic heterocycles. The van der Waals surface area contributed by atoms with E-state index in [0.717, 1.165) is 11.1 Å². The van der Waals surface area contributed by atoms with E-state index < -0.39 is 5.97 Å². The number of nitrogens with zero attached hydrogens (tertiary/aromatic N) is 2. The number of carbonyl (C=O) groups excluding carboxylic acids is 1. The monoisotopic (exact) mass is 292 g/mol. The van der Waals surface area contributed by atoms with Crippen LogP contribution in [-0.4, -0.2) is 13.1 Å². The maximum Gasteiger partial charge on any atom is 0.337 e. The summed E-state index contributed by atoms with van der Waals surface area (Å²) in [5, 5.41) is 17.5. The summed E-state index contributed by atoms with van der Waals surface area (Å²) in [5.41, 5.74) is 2.11. The van der Waals surface area contributed by atoms with Crippen molar-refractivity contribution in [3.05, 3.63) is 52.8 Å². The van der Waals surface area contributed by atoms with Gasteiger partial charge in [0, 0.05) is 11.6 Å². The number of rotatable bonds is 3. The molecule has 1 aromatic heterocycles. The molecule has 0 spiro atoms. The lowest BCUT2D eigenvalue weighted by Crippen LogP contribution is -2.01. The molecule has 2 rings (SSSR count). The van der Waals surface area contributed by atoms with E-state index in [1.165, 1.54) is 13.2 Å². The quantitative estimate of drug-likeness (QED) is 0.638. The summed E-state index contributed by atoms with van der Waals surface area (Å²) in [6.07, 6.45) is 1.38. The Labute approximate surface area is 127 Å². The zero-order chi connectivity index (χ0) is 16.1. The molecular weight excluding hydrogens is 280 g/mol. The molecule has 0 amide bonds. The minimum absolute atomic E-state index is 0.0290. The fourth-order valence-corrected chi connectivity index (χ4v) is 1.99. The van der Waals surface area contributed by atoms with Gasteiger partial charge in [0.2, 0.25) is 0 Å². The molecule has 2 aromatic rings. The Morgan fingerprint density at radius 1 is 1.23 bits per heavy atom. The summed E-state index contributed by atoms with van der Waals surface area (Å²) in [6, 6.07) is 12.1. The van der Waals surface area contributed by atoms with Crippen molar-refractivity contribution in [1.82, 2.24) is 0 Å². The number of nitriles is 2. The van der Waals surface area contributed by atoms with E-state index in [-0.39, 0.29) is 5.57 Å². The SMILES string of the molecule is COC(=O)c1ccc(-c2ccc(C=C(C#N)C#N)o2)c(C)c1. The second-order valence-electron chi connectivity index (χ2n) is 4.50. The van der Waals surface area contributed by atoms with Gasteiger partial charge in [0.05, 0.1) is 12.7 Å². The topological polar surface area (TPSA) is 87.0 Å². The smallest absolute Gasteiger partial charge is 0.337 e. The third kappa shape index (κ3) is 3.05. The number of benzene rings is 1. The molecule has 0 radical (unpaired) electrons. The van der Waals surface area contributed by atoms with E-state index in [9.17, 15) is 4.79 Å². The molecule has 0 aliphatic carbocycles. The number of hydrogen-bond acceptors (Lipinski definition) is 5. The Morgan fingerprint density at radius 3 is 2.55 bits per heavy atom. The average Bonchev–Trinajstić information content (AvgIpc) is 2.99. The van der Waals surface area contributed by atoms with Crippen LogP contribution >= 0.6 is 0 Å². The number of carbonyl (C=O) groups is 1. The maximum absolute atomic E-state index is 11.5. The van der Waals surface area contributed by atoms with Crippen molar-refractivity contribution >= 4 is 12.0 Å². The van der Waals surface area contributed by atoms with Crippen LogP contribution in [0.5, 0.6) is 0 Å². The van der Waals surface area contributed by atoms with Crippen molar-refractivity contribution in [2.45, 2.75) is 6.92 Å². The van der Waals surface area contributed by atoms with Crippen LogP contribution in [0.4, 0.5) is 0 Å². The van der Waals surface area contributed by atoms with Gasteiger partial charge in [0.1, 0.15) is 29.2 Å². The molecule has 0 bridgehead atoms. The van der Waals surface area contributed by atoms with Crippen LogP contribution in [0.15, 0.2) is 40.3 Å². The second kappa shape index (κ2) is 6.43. The normalized spacial score (nSPS) is 9.45. The lowest BCUT2D eigenvalue weighted by Gasteiger charge is -2.05. The lowest BCUT2D eigenvalue weighted by molar-refractivity contribution is 0.0600. The Kier molecular flexibility index (Phi) is 4.41. The number of allylic oxidation sites excluding steroid dienone is 1. The van der Waals surface area contributed by atoms with Gasteiger partial charge < -0.3 is 9.15 Å². The summed E-state index contributed by atoms with van der Waals surface area (Å²) in [7, 11) is 1.33. The molecule has 0 saturated carbocycles. The van der Waals surface area contributed by atoms with E-state index in [1.807, 2.05) is 6.92 Å². The van der Waals surface area contributed by atoms with Crippen molar-refractivity contribution < 1.29 is 13.9 Å². The van der Waals surface area contributed by atoms with Crippen LogP contribution < -0.4 is 0 Å². The van der Waals surface area contributed by atoms with Crippen molar-refractivity contribution in [1.29, 1.82) is 10.5 Å². The van der Waals surface area contributed by atoms with E-state index in [0.29, 0.717) is 17.1 Å². The summed E-state index contributed by atoms with van der Waals surface area (Å²) in [6.45, 7) is 1.86. The largest absolute Gasteiger partial charge is 0.465 e. The van der Waals surface area contributed by atoms with Gasteiger partial charge in [-0.05, 0) is 36.8 Å². The van der Waals surface area contributed by atoms with Crippen LogP contribution in [-0.2, 0) is 4.74 Å². The summed E-state index contributed by atoms with van der Waals surface area (Å²) < 4.78 is 10.3. The van der Waals surface area contributed by atoms with Crippen molar-refractivity contribution in [3.8, 4) is 23.5 Å². The van der Waals surface area contributed by atoms with Gasteiger partial charge in [-0.25, -0.2) is 4.79 Å². The van der Waals surface area contributed by atoms with Gasteiger partial charge in [0.15, 0.2) is 0 Å². The maximum atomic E-state index is 11.5. The highest BCUT2D eigenvalue weighted by Crippen LogP contribution is 2.27. The van der Waals surface area contributed by atoms with E-state index in [1.54, 1.807) is 42.5 Å². The number of aryl methyl sites for hydroxylation is 1. The van der Waals surface area contributed by atoms with Crippen LogP contribution in [0.3, 0.4) is 0 Å². The van der Waals surface area contributed by atoms with Gasteiger partial charge >= 0.3 is 5.97 Å². The first-order valence-corrected chi connectivity index (χ1v) is 6.40. The third-order valence-corrected chi connectivity index (χ3v) is 3.07. The van der Waals surface area contributed by atoms with Crippen molar-refractivity contribution in [2.24, 2.45) is 0 Å². The number of esters is 1. The van der Waals surface area contributed by atoms with Crippen molar-refractivity contribution in [2.75, 3.05) is 7.11 Å². The van der Waals surface area contributed by atoms with Gasteiger partial charge in [-0.2, -0.15) is 10.5 Å². The molecule has 22 heavy (non-hydrogen) atoms. The van der Waals surface area contributed by atoms with Crippen LogP contribution in [0.1, 0.15) is 21.7 Å². The zero-order valence-corrected chi connectivity index (χ0v) is 12.1. The van der Waals surface area contributed by atoms with Gasteiger partial charge in [-0.15, -0.1) is 0 Å². The summed E-state index contributed by atoms with van der Waals surface area (Å²) in [4.78, 5) is 11.5. The highest BCUT2D eigenvalue weighted by molar-refractivity contribution is 5.90. The first-order chi connectivity index (χ1) is 10.6. The number of furan rings is 1. The highest BCUT2D eigenvalue weighted by Gasteiger charge is 2.11. The van der Waals surface area contributed by atoms with E-state index in [4.69, 9.17) is 14.9 Å². The first kappa shape index (κ1) is 15.1. The van der Waals surface area contributed by atoms with Crippen molar-refractivity contribution in [3.63, 3.8) is 0 Å². The molecule has 1 heterocycles. The highest BCUT2D eigenvalue weighted by atomic mass is 16.5. The molecule has 0 atom stereocenters. The fourth-order valence-electron chi connectivity index (χ4n) is 1.99. The van der Waals surface area contributed by atoms with Gasteiger partial charge in [0.25, 0.3) is 0 Å². The van der Waals surface area contributed by atoms with E-state index >= 15 is 0 Å². The molecule has 0 aliphatic rings. The Hall–Kier alpha value is -3.31. The van der Waals surface area contributed by atoms with Crippen LogP contribution in [0.2, 0.25) is 0 Å².